The monoisotopic (exact) mass is 918 g/mol. The topological polar surface area (TPSA) is 180 Å². The fourth-order valence-corrected chi connectivity index (χ4v) is 6.54. The standard InChI is InChI=1S/C16H13F4I3O12S2/c1-2-7-10(21)13(32-3-8(24)34-5-15(17,18)36(26,27)28)12(23)14(11(7)22)33-4-9(25)35-6-16(19,20)37(29,30)31/h2H,1,3-6H2,(H,26,27,28)(H,29,30,31). The minimum atomic E-state index is -5.83. The summed E-state index contributed by atoms with van der Waals surface area (Å²) in [6.07, 6.45) is 1.31. The molecule has 0 bridgehead atoms. The van der Waals surface area contributed by atoms with Crippen LogP contribution >= 0.6 is 67.8 Å². The van der Waals surface area contributed by atoms with E-state index in [1.807, 2.05) is 0 Å². The third kappa shape index (κ3) is 9.14. The maximum atomic E-state index is 13.2. The van der Waals surface area contributed by atoms with Crippen molar-refractivity contribution in [3.8, 4) is 11.5 Å². The number of halogens is 7. The van der Waals surface area contributed by atoms with Gasteiger partial charge in [0.2, 0.25) is 0 Å². The molecule has 12 nitrogen and oxygen atoms in total. The predicted molar refractivity (Wildman–Crippen MR) is 141 cm³/mol. The molecule has 0 aliphatic carbocycles. The predicted octanol–water partition coefficient (Wildman–Crippen LogP) is 2.95. The van der Waals surface area contributed by atoms with E-state index in [0.717, 1.165) is 0 Å². The molecule has 0 unspecified atom stereocenters. The molecule has 0 aliphatic heterocycles. The van der Waals surface area contributed by atoms with E-state index in [1.54, 1.807) is 67.8 Å². The molecule has 0 saturated carbocycles. The largest absolute Gasteiger partial charge is 0.480 e. The van der Waals surface area contributed by atoms with Crippen molar-refractivity contribution in [1.82, 2.24) is 0 Å². The number of esters is 2. The fraction of sp³-hybridized carbons (Fsp3) is 0.375. The molecule has 0 aromatic heterocycles. The highest BCUT2D eigenvalue weighted by Gasteiger charge is 2.46. The Balaban J connectivity index is 3.03. The van der Waals surface area contributed by atoms with Gasteiger partial charge >= 0.3 is 42.7 Å². The second kappa shape index (κ2) is 13.1. The first kappa shape index (κ1) is 34.3. The first-order valence-electron chi connectivity index (χ1n) is 8.75. The quantitative estimate of drug-likeness (QED) is 0.128. The summed E-state index contributed by atoms with van der Waals surface area (Å²) in [4.78, 5) is 23.5. The van der Waals surface area contributed by atoms with Gasteiger partial charge in [-0.15, -0.1) is 0 Å². The SMILES string of the molecule is C=Cc1c(I)c(OCC(=O)OCC(F)(F)S(=O)(=O)O)c(I)c(OCC(=O)OCC(F)(F)S(=O)(=O)O)c1I. The first-order chi connectivity index (χ1) is 16.7. The van der Waals surface area contributed by atoms with E-state index in [0.29, 0.717) is 12.7 Å². The zero-order valence-electron chi connectivity index (χ0n) is 17.6. The summed E-state index contributed by atoms with van der Waals surface area (Å²) in [5.41, 5.74) is 0.337. The van der Waals surface area contributed by atoms with Gasteiger partial charge in [-0.3, -0.25) is 9.11 Å². The van der Waals surface area contributed by atoms with E-state index in [-0.39, 0.29) is 15.1 Å². The van der Waals surface area contributed by atoms with E-state index in [9.17, 15) is 44.0 Å². The van der Waals surface area contributed by atoms with E-state index in [4.69, 9.17) is 18.6 Å². The van der Waals surface area contributed by atoms with Crippen molar-refractivity contribution in [1.29, 1.82) is 0 Å². The Kier molecular flexibility index (Phi) is 12.1. The van der Waals surface area contributed by atoms with Crippen molar-refractivity contribution in [2.45, 2.75) is 10.5 Å². The van der Waals surface area contributed by atoms with Gasteiger partial charge in [-0.05, 0) is 67.8 Å². The Morgan fingerprint density at radius 2 is 1.11 bits per heavy atom. The molecule has 210 valence electrons. The number of rotatable bonds is 13. The minimum Gasteiger partial charge on any atom is -0.480 e. The summed E-state index contributed by atoms with van der Waals surface area (Å²) in [5, 5.41) is -9.52. The molecule has 0 aliphatic rings. The molecule has 0 amide bonds. The van der Waals surface area contributed by atoms with Gasteiger partial charge in [0, 0.05) is 5.56 Å². The summed E-state index contributed by atoms with van der Waals surface area (Å²) < 4.78 is 131. The van der Waals surface area contributed by atoms with Crippen LogP contribution in [-0.2, 0) is 39.3 Å². The average molecular weight is 918 g/mol. The number of benzene rings is 1. The van der Waals surface area contributed by atoms with Crippen LogP contribution < -0.4 is 9.47 Å². The number of hydrogen-bond acceptors (Lipinski definition) is 10. The summed E-state index contributed by atoms with van der Waals surface area (Å²) in [6.45, 7) is -2.43. The molecule has 0 fully saturated rings. The fourth-order valence-electron chi connectivity index (χ4n) is 1.89. The highest BCUT2D eigenvalue weighted by molar-refractivity contribution is 14.1. The Hall–Kier alpha value is -0.770. The number of alkyl halides is 4. The number of hydrogen-bond donors (Lipinski definition) is 2. The Morgan fingerprint density at radius 3 is 1.38 bits per heavy atom. The van der Waals surface area contributed by atoms with Crippen molar-refractivity contribution in [2.24, 2.45) is 0 Å². The maximum Gasteiger partial charge on any atom is 0.402 e. The second-order valence-electron chi connectivity index (χ2n) is 6.34. The molecular weight excluding hydrogens is 905 g/mol. The van der Waals surface area contributed by atoms with Gasteiger partial charge in [0.05, 0.1) is 10.7 Å². The van der Waals surface area contributed by atoms with Crippen LogP contribution in [0.4, 0.5) is 17.6 Å². The van der Waals surface area contributed by atoms with Crippen molar-refractivity contribution in [3.05, 3.63) is 22.9 Å². The van der Waals surface area contributed by atoms with E-state index < -0.39 is 69.1 Å². The van der Waals surface area contributed by atoms with Crippen LogP contribution in [0.5, 0.6) is 11.5 Å². The lowest BCUT2D eigenvalue weighted by Gasteiger charge is -2.19. The number of carbonyl (C=O) groups is 2. The van der Waals surface area contributed by atoms with Crippen molar-refractivity contribution < 1.29 is 72.0 Å². The zero-order valence-corrected chi connectivity index (χ0v) is 25.7. The summed E-state index contributed by atoms with van der Waals surface area (Å²) >= 11 is 5.19. The molecule has 2 N–H and O–H groups in total. The first-order valence-corrected chi connectivity index (χ1v) is 14.9. The van der Waals surface area contributed by atoms with Gasteiger partial charge < -0.3 is 18.9 Å². The van der Waals surface area contributed by atoms with E-state index in [1.165, 1.54) is 6.08 Å². The van der Waals surface area contributed by atoms with Crippen LogP contribution in [0.1, 0.15) is 5.56 Å². The third-order valence-electron chi connectivity index (χ3n) is 3.70. The van der Waals surface area contributed by atoms with E-state index in [2.05, 4.69) is 16.1 Å². The lowest BCUT2D eigenvalue weighted by atomic mass is 10.2. The second-order valence-corrected chi connectivity index (χ2v) is 12.7. The normalized spacial score (nSPS) is 12.6. The van der Waals surface area contributed by atoms with Crippen molar-refractivity contribution in [3.63, 3.8) is 0 Å². The molecule has 0 heterocycles. The molecule has 0 saturated heterocycles. The van der Waals surface area contributed by atoms with Crippen molar-refractivity contribution in [2.75, 3.05) is 26.4 Å². The molecule has 1 aromatic carbocycles. The van der Waals surface area contributed by atoms with Gasteiger partial charge in [-0.25, -0.2) is 9.59 Å². The van der Waals surface area contributed by atoms with Gasteiger partial charge in [0.1, 0.15) is 0 Å². The highest BCUT2D eigenvalue weighted by atomic mass is 127. The Bertz CT molecular complexity index is 1200. The molecule has 21 heteroatoms. The van der Waals surface area contributed by atoms with Crippen LogP contribution in [0, 0.1) is 10.7 Å². The minimum absolute atomic E-state index is 0.0872. The number of carbonyl (C=O) groups excluding carboxylic acids is 2. The molecule has 1 rings (SSSR count). The Labute approximate surface area is 247 Å². The summed E-state index contributed by atoms with van der Waals surface area (Å²) in [5.74, 6) is -3.09. The summed E-state index contributed by atoms with van der Waals surface area (Å²) in [7, 11) is -11.7. The average Bonchev–Trinajstić information content (AvgIpc) is 2.75. The van der Waals surface area contributed by atoms with Gasteiger partial charge in [0.15, 0.2) is 37.9 Å². The van der Waals surface area contributed by atoms with Crippen LogP contribution in [0.15, 0.2) is 6.58 Å². The smallest absolute Gasteiger partial charge is 0.402 e. The number of ether oxygens (including phenoxy) is 4. The zero-order chi connectivity index (χ0) is 29.0. The van der Waals surface area contributed by atoms with Crippen LogP contribution in [0.3, 0.4) is 0 Å². The molecule has 37 heavy (non-hydrogen) atoms. The van der Waals surface area contributed by atoms with Gasteiger partial charge in [-0.1, -0.05) is 12.7 Å². The molecular formula is C16H13F4I3O12S2. The van der Waals surface area contributed by atoms with Crippen LogP contribution in [-0.4, -0.2) is 74.8 Å². The Morgan fingerprint density at radius 1 is 0.784 bits per heavy atom. The maximum absolute atomic E-state index is 13.2. The van der Waals surface area contributed by atoms with Gasteiger partial charge in [0.25, 0.3) is 0 Å². The lowest BCUT2D eigenvalue weighted by Crippen LogP contribution is -2.35. The van der Waals surface area contributed by atoms with E-state index >= 15 is 0 Å². The van der Waals surface area contributed by atoms with Gasteiger partial charge in [-0.2, -0.15) is 34.4 Å². The molecule has 0 atom stereocenters. The third-order valence-corrected chi connectivity index (χ3v) is 8.57. The van der Waals surface area contributed by atoms with Crippen LogP contribution in [0.2, 0.25) is 0 Å². The molecule has 0 spiro atoms. The van der Waals surface area contributed by atoms with Crippen LogP contribution in [0.25, 0.3) is 6.08 Å². The highest BCUT2D eigenvalue weighted by Crippen LogP contribution is 2.42. The lowest BCUT2D eigenvalue weighted by molar-refractivity contribution is -0.152. The van der Waals surface area contributed by atoms with Crippen molar-refractivity contribution >= 4 is 106 Å². The molecule has 1 aromatic rings. The summed E-state index contributed by atoms with van der Waals surface area (Å²) in [6, 6.07) is 0. The molecule has 0 radical (unpaired) electrons.